The van der Waals surface area contributed by atoms with Crippen LogP contribution >= 0.6 is 11.8 Å². The van der Waals surface area contributed by atoms with Gasteiger partial charge in [-0.2, -0.15) is 0 Å². The Balaban J connectivity index is 1.65. The molecule has 3 aromatic heterocycles. The summed E-state index contributed by atoms with van der Waals surface area (Å²) >= 11 is 1.42. The van der Waals surface area contributed by atoms with Crippen LogP contribution in [0.4, 0.5) is 0 Å². The fraction of sp³-hybridized carbons (Fsp3) is 0.333. The molecule has 0 saturated carbocycles. The number of hydrogen-bond acceptors (Lipinski definition) is 6. The van der Waals surface area contributed by atoms with Gasteiger partial charge in [0.1, 0.15) is 12.1 Å². The zero-order chi connectivity index (χ0) is 18.4. The number of carbonyl (C=O) groups excluding carboxylic acids is 1. The summed E-state index contributed by atoms with van der Waals surface area (Å²) < 4.78 is 7.26. The summed E-state index contributed by atoms with van der Waals surface area (Å²) in [5.41, 5.74) is 0.967. The average molecular weight is 371 g/mol. The van der Waals surface area contributed by atoms with Crippen molar-refractivity contribution in [3.05, 3.63) is 60.6 Å². The molecule has 3 heterocycles. The van der Waals surface area contributed by atoms with Crippen LogP contribution in [0.25, 0.3) is 0 Å². The van der Waals surface area contributed by atoms with Crippen LogP contribution in [-0.2, 0) is 17.9 Å². The maximum absolute atomic E-state index is 12.7. The van der Waals surface area contributed by atoms with Crippen molar-refractivity contribution in [1.29, 1.82) is 0 Å². The van der Waals surface area contributed by atoms with Crippen molar-refractivity contribution < 1.29 is 9.21 Å². The van der Waals surface area contributed by atoms with Crippen LogP contribution < -0.4 is 5.32 Å². The Hall–Kier alpha value is -2.61. The third kappa shape index (κ3) is 4.72. The van der Waals surface area contributed by atoms with Crippen molar-refractivity contribution in [2.24, 2.45) is 5.92 Å². The van der Waals surface area contributed by atoms with E-state index >= 15 is 0 Å². The lowest BCUT2D eigenvalue weighted by Crippen LogP contribution is -2.35. The molecule has 0 unspecified atom stereocenters. The third-order valence-electron chi connectivity index (χ3n) is 3.77. The maximum Gasteiger partial charge on any atom is 0.234 e. The van der Waals surface area contributed by atoms with Gasteiger partial charge in [0, 0.05) is 18.9 Å². The minimum Gasteiger partial charge on any atom is -0.467 e. The highest BCUT2D eigenvalue weighted by Crippen LogP contribution is 2.27. The summed E-state index contributed by atoms with van der Waals surface area (Å²) in [6, 6.07) is 7.53. The monoisotopic (exact) mass is 371 g/mol. The summed E-state index contributed by atoms with van der Waals surface area (Å²) in [5.74, 6) is 0.929. The van der Waals surface area contributed by atoms with Crippen LogP contribution in [-0.4, -0.2) is 30.9 Å². The molecule has 1 N–H and O–H groups in total. The van der Waals surface area contributed by atoms with Crippen LogP contribution in [0.2, 0.25) is 0 Å². The number of aromatic nitrogens is 4. The summed E-state index contributed by atoms with van der Waals surface area (Å²) in [4.78, 5) is 16.7. The van der Waals surface area contributed by atoms with Gasteiger partial charge in [0.05, 0.1) is 18.1 Å². The van der Waals surface area contributed by atoms with E-state index in [1.54, 1.807) is 25.0 Å². The minimum absolute atomic E-state index is 0.0265. The van der Waals surface area contributed by atoms with Crippen LogP contribution in [0.15, 0.2) is 58.8 Å². The second-order valence-electron chi connectivity index (χ2n) is 6.18. The molecular weight excluding hydrogens is 350 g/mol. The first-order chi connectivity index (χ1) is 12.6. The van der Waals surface area contributed by atoms with Crippen molar-refractivity contribution in [2.75, 3.05) is 0 Å². The molecule has 0 aliphatic rings. The van der Waals surface area contributed by atoms with Gasteiger partial charge in [0.15, 0.2) is 5.16 Å². The summed E-state index contributed by atoms with van der Waals surface area (Å²) in [7, 11) is 0. The Labute approximate surface area is 156 Å². The van der Waals surface area contributed by atoms with Gasteiger partial charge in [-0.3, -0.25) is 9.78 Å². The molecule has 3 aromatic rings. The van der Waals surface area contributed by atoms with E-state index in [2.05, 4.69) is 20.5 Å². The van der Waals surface area contributed by atoms with Crippen LogP contribution in [0, 0.1) is 5.92 Å². The van der Waals surface area contributed by atoms with Crippen LogP contribution in [0.5, 0.6) is 0 Å². The predicted molar refractivity (Wildman–Crippen MR) is 98.4 cm³/mol. The highest BCUT2D eigenvalue weighted by atomic mass is 32.2. The minimum atomic E-state index is -0.272. The topological polar surface area (TPSA) is 85.8 Å². The van der Waals surface area contributed by atoms with Crippen LogP contribution in [0.3, 0.4) is 0 Å². The summed E-state index contributed by atoms with van der Waals surface area (Å²) in [6.07, 6.45) is 6.74. The number of carbonyl (C=O) groups is 1. The van der Waals surface area contributed by atoms with Crippen molar-refractivity contribution in [1.82, 2.24) is 25.1 Å². The Kier molecular flexibility index (Phi) is 6.06. The maximum atomic E-state index is 12.7. The quantitative estimate of drug-likeness (QED) is 0.613. The van der Waals surface area contributed by atoms with E-state index in [0.717, 1.165) is 11.3 Å². The SMILES string of the molecule is CC(C)[C@H](Sc1nncn1Cc1ccco1)C(=O)NCc1cccnc1. The molecule has 0 saturated heterocycles. The number of amides is 1. The Morgan fingerprint density at radius 3 is 2.92 bits per heavy atom. The number of nitrogens with one attached hydrogen (secondary N) is 1. The van der Waals surface area contributed by atoms with Crippen LogP contribution in [0.1, 0.15) is 25.2 Å². The number of nitrogens with zero attached hydrogens (tertiary/aromatic N) is 4. The first-order valence-corrected chi connectivity index (χ1v) is 9.25. The molecule has 8 heteroatoms. The van der Waals surface area contributed by atoms with Gasteiger partial charge < -0.3 is 14.3 Å². The number of rotatable bonds is 8. The van der Waals surface area contributed by atoms with Crippen molar-refractivity contribution in [2.45, 2.75) is 37.3 Å². The molecule has 3 rings (SSSR count). The summed E-state index contributed by atoms with van der Waals surface area (Å²) in [5, 5.41) is 11.5. The lowest BCUT2D eigenvalue weighted by Gasteiger charge is -2.19. The zero-order valence-corrected chi connectivity index (χ0v) is 15.5. The molecule has 26 heavy (non-hydrogen) atoms. The zero-order valence-electron chi connectivity index (χ0n) is 14.7. The van der Waals surface area contributed by atoms with Gasteiger partial charge >= 0.3 is 0 Å². The second kappa shape index (κ2) is 8.66. The molecule has 7 nitrogen and oxygen atoms in total. The molecule has 0 fully saturated rings. The molecule has 0 aromatic carbocycles. The van der Waals surface area contributed by atoms with E-state index in [1.165, 1.54) is 11.8 Å². The van der Waals surface area contributed by atoms with Gasteiger partial charge in [0.2, 0.25) is 5.91 Å². The van der Waals surface area contributed by atoms with E-state index in [1.807, 2.05) is 42.7 Å². The largest absolute Gasteiger partial charge is 0.467 e. The average Bonchev–Trinajstić information content (AvgIpc) is 3.31. The molecule has 0 bridgehead atoms. The van der Waals surface area contributed by atoms with Gasteiger partial charge in [-0.25, -0.2) is 0 Å². The van der Waals surface area contributed by atoms with Gasteiger partial charge in [-0.15, -0.1) is 10.2 Å². The molecule has 1 amide bonds. The van der Waals surface area contributed by atoms with E-state index in [0.29, 0.717) is 18.2 Å². The number of furan rings is 1. The molecule has 0 aliphatic heterocycles. The smallest absolute Gasteiger partial charge is 0.234 e. The Morgan fingerprint density at radius 1 is 1.35 bits per heavy atom. The Bertz CT molecular complexity index is 817. The lowest BCUT2D eigenvalue weighted by molar-refractivity contribution is -0.121. The fourth-order valence-corrected chi connectivity index (χ4v) is 3.44. The number of pyridine rings is 1. The predicted octanol–water partition coefficient (Wildman–Crippen LogP) is 2.75. The fourth-order valence-electron chi connectivity index (χ4n) is 2.41. The van der Waals surface area contributed by atoms with E-state index in [9.17, 15) is 4.79 Å². The molecule has 1 atom stereocenters. The molecule has 0 aliphatic carbocycles. The number of hydrogen-bond donors (Lipinski definition) is 1. The van der Waals surface area contributed by atoms with Gasteiger partial charge in [0.25, 0.3) is 0 Å². The normalized spacial score (nSPS) is 12.3. The first-order valence-electron chi connectivity index (χ1n) is 8.37. The van der Waals surface area contributed by atoms with Crippen molar-refractivity contribution >= 4 is 17.7 Å². The van der Waals surface area contributed by atoms with E-state index < -0.39 is 0 Å². The van der Waals surface area contributed by atoms with E-state index in [4.69, 9.17) is 4.42 Å². The van der Waals surface area contributed by atoms with Gasteiger partial charge in [-0.1, -0.05) is 31.7 Å². The van der Waals surface area contributed by atoms with E-state index in [-0.39, 0.29) is 17.1 Å². The van der Waals surface area contributed by atoms with Crippen molar-refractivity contribution in [3.8, 4) is 0 Å². The Morgan fingerprint density at radius 2 is 2.23 bits per heavy atom. The molecule has 136 valence electrons. The molecule has 0 radical (unpaired) electrons. The second-order valence-corrected chi connectivity index (χ2v) is 7.29. The first kappa shape index (κ1) is 18.2. The standard InChI is InChI=1S/C18H21N5O2S/c1-13(2)16(17(24)20-10-14-5-3-7-19-9-14)26-18-22-21-12-23(18)11-15-6-4-8-25-15/h3-9,12-13,16H,10-11H2,1-2H3,(H,20,24)/t16-/m0/s1. The highest BCUT2D eigenvalue weighted by molar-refractivity contribution is 8.00. The lowest BCUT2D eigenvalue weighted by atomic mass is 10.1. The highest BCUT2D eigenvalue weighted by Gasteiger charge is 2.25. The van der Waals surface area contributed by atoms with Crippen molar-refractivity contribution in [3.63, 3.8) is 0 Å². The number of thioether (sulfide) groups is 1. The molecule has 0 spiro atoms. The van der Waals surface area contributed by atoms with Gasteiger partial charge in [-0.05, 0) is 29.7 Å². The molecular formula is C18H21N5O2S. The third-order valence-corrected chi connectivity index (χ3v) is 5.31. The summed E-state index contributed by atoms with van der Waals surface area (Å²) in [6.45, 7) is 5.03.